The van der Waals surface area contributed by atoms with Gasteiger partial charge in [-0.3, -0.25) is 4.79 Å². The predicted molar refractivity (Wildman–Crippen MR) is 71.1 cm³/mol. The van der Waals surface area contributed by atoms with Gasteiger partial charge in [0.1, 0.15) is 0 Å². The first-order valence-corrected chi connectivity index (χ1v) is 6.57. The maximum Gasteiger partial charge on any atom is 0.257 e. The second-order valence-electron chi connectivity index (χ2n) is 4.48. The fourth-order valence-electron chi connectivity index (χ4n) is 2.08. The van der Waals surface area contributed by atoms with Crippen molar-refractivity contribution in [3.63, 3.8) is 0 Å². The van der Waals surface area contributed by atoms with Crippen LogP contribution in [0.2, 0.25) is 0 Å². The van der Waals surface area contributed by atoms with Crippen LogP contribution in [0.15, 0.2) is 12.3 Å². The van der Waals surface area contributed by atoms with Gasteiger partial charge in [0.05, 0.1) is 24.9 Å². The van der Waals surface area contributed by atoms with E-state index in [2.05, 4.69) is 10.3 Å². The molecule has 7 heteroatoms. The second-order valence-corrected chi connectivity index (χ2v) is 4.48. The number of aliphatic hydroxyl groups is 1. The summed E-state index contributed by atoms with van der Waals surface area (Å²) in [5.41, 5.74) is -0.0189. The molecule has 1 aromatic rings. The Bertz CT molecular complexity index is 484. The summed E-state index contributed by atoms with van der Waals surface area (Å²) in [6.07, 6.45) is 0.990. The van der Waals surface area contributed by atoms with Gasteiger partial charge in [0.15, 0.2) is 11.6 Å². The van der Waals surface area contributed by atoms with Crippen molar-refractivity contribution >= 4 is 11.7 Å². The number of anilines is 1. The van der Waals surface area contributed by atoms with E-state index in [0.29, 0.717) is 19.7 Å². The zero-order valence-electron chi connectivity index (χ0n) is 11.3. The van der Waals surface area contributed by atoms with Crippen LogP contribution in [0.4, 0.5) is 10.2 Å². The second kappa shape index (κ2) is 6.62. The fraction of sp³-hybridized carbons (Fsp3) is 0.538. The first-order valence-electron chi connectivity index (χ1n) is 6.57. The van der Waals surface area contributed by atoms with Gasteiger partial charge in [0.2, 0.25) is 0 Å². The summed E-state index contributed by atoms with van der Waals surface area (Å²) in [4.78, 5) is 17.7. The SMILES string of the molecule is CCNc1nccc(C(=O)N2CCOC(CO)C2)c1F. The van der Waals surface area contributed by atoms with E-state index in [9.17, 15) is 9.18 Å². The monoisotopic (exact) mass is 283 g/mol. The molecule has 1 fully saturated rings. The zero-order valence-corrected chi connectivity index (χ0v) is 11.3. The number of rotatable bonds is 4. The Morgan fingerprint density at radius 1 is 1.70 bits per heavy atom. The first kappa shape index (κ1) is 14.7. The number of nitrogens with zero attached hydrogens (tertiary/aromatic N) is 2. The molecule has 0 aliphatic carbocycles. The third kappa shape index (κ3) is 3.05. The Morgan fingerprint density at radius 2 is 2.50 bits per heavy atom. The largest absolute Gasteiger partial charge is 0.394 e. The van der Waals surface area contributed by atoms with Gasteiger partial charge in [0.25, 0.3) is 5.91 Å². The Balaban J connectivity index is 2.18. The predicted octanol–water partition coefficient (Wildman–Crippen LogP) is 0.486. The maximum atomic E-state index is 14.2. The van der Waals surface area contributed by atoms with Crippen LogP contribution in [0.5, 0.6) is 0 Å². The standard InChI is InChI=1S/C13H18FN3O3/c1-2-15-12-11(14)10(3-4-16-12)13(19)17-5-6-20-9(7-17)8-18/h3-4,9,18H,2,5-8H2,1H3,(H,15,16). The van der Waals surface area contributed by atoms with E-state index in [-0.39, 0.29) is 24.5 Å². The van der Waals surface area contributed by atoms with Gasteiger partial charge in [-0.05, 0) is 13.0 Å². The third-order valence-corrected chi connectivity index (χ3v) is 3.09. The molecule has 110 valence electrons. The molecule has 1 atom stereocenters. The van der Waals surface area contributed by atoms with Crippen molar-refractivity contribution in [3.05, 3.63) is 23.6 Å². The molecule has 0 aromatic carbocycles. The van der Waals surface area contributed by atoms with Crippen LogP contribution >= 0.6 is 0 Å². The van der Waals surface area contributed by atoms with Crippen molar-refractivity contribution in [3.8, 4) is 0 Å². The minimum absolute atomic E-state index is 0.0189. The van der Waals surface area contributed by atoms with Crippen LogP contribution in [-0.2, 0) is 4.74 Å². The van der Waals surface area contributed by atoms with Gasteiger partial charge >= 0.3 is 0 Å². The van der Waals surface area contributed by atoms with Crippen LogP contribution in [-0.4, -0.2) is 59.8 Å². The van der Waals surface area contributed by atoms with Crippen LogP contribution in [0.25, 0.3) is 0 Å². The maximum absolute atomic E-state index is 14.2. The highest BCUT2D eigenvalue weighted by Gasteiger charge is 2.27. The number of aromatic nitrogens is 1. The molecule has 6 nitrogen and oxygen atoms in total. The quantitative estimate of drug-likeness (QED) is 0.841. The topological polar surface area (TPSA) is 74.7 Å². The molecule has 0 spiro atoms. The van der Waals surface area contributed by atoms with Crippen molar-refractivity contribution in [2.24, 2.45) is 0 Å². The highest BCUT2D eigenvalue weighted by atomic mass is 19.1. The lowest BCUT2D eigenvalue weighted by Gasteiger charge is -2.32. The average Bonchev–Trinajstić information content (AvgIpc) is 2.49. The Labute approximate surface area is 116 Å². The van der Waals surface area contributed by atoms with Crippen LogP contribution in [0.3, 0.4) is 0 Å². The van der Waals surface area contributed by atoms with Gasteiger partial charge in [-0.1, -0.05) is 0 Å². The minimum atomic E-state index is -0.647. The third-order valence-electron chi connectivity index (χ3n) is 3.09. The molecule has 1 aliphatic rings. The van der Waals surface area contributed by atoms with Crippen molar-refractivity contribution in [2.45, 2.75) is 13.0 Å². The van der Waals surface area contributed by atoms with E-state index >= 15 is 0 Å². The smallest absolute Gasteiger partial charge is 0.257 e. The molecule has 0 saturated carbocycles. The lowest BCUT2D eigenvalue weighted by molar-refractivity contribution is -0.0448. The normalized spacial score (nSPS) is 18.9. The van der Waals surface area contributed by atoms with E-state index in [1.54, 1.807) is 0 Å². The summed E-state index contributed by atoms with van der Waals surface area (Å²) in [7, 11) is 0. The van der Waals surface area contributed by atoms with Gasteiger partial charge in [-0.25, -0.2) is 9.37 Å². The number of halogens is 1. The highest BCUT2D eigenvalue weighted by Crippen LogP contribution is 2.18. The molecular weight excluding hydrogens is 265 g/mol. The van der Waals surface area contributed by atoms with Crippen molar-refractivity contribution in [1.82, 2.24) is 9.88 Å². The van der Waals surface area contributed by atoms with Crippen molar-refractivity contribution in [1.29, 1.82) is 0 Å². The van der Waals surface area contributed by atoms with Gasteiger partial charge in [-0.2, -0.15) is 0 Å². The zero-order chi connectivity index (χ0) is 14.5. The number of ether oxygens (including phenoxy) is 1. The number of pyridine rings is 1. The molecule has 0 radical (unpaired) electrons. The molecule has 2 N–H and O–H groups in total. The number of hydrogen-bond acceptors (Lipinski definition) is 5. The molecule has 20 heavy (non-hydrogen) atoms. The van der Waals surface area contributed by atoms with Gasteiger partial charge < -0.3 is 20.1 Å². The van der Waals surface area contributed by atoms with Gasteiger partial charge in [-0.15, -0.1) is 0 Å². The van der Waals surface area contributed by atoms with Gasteiger partial charge in [0, 0.05) is 25.8 Å². The Kier molecular flexibility index (Phi) is 4.86. The summed E-state index contributed by atoms with van der Waals surface area (Å²) in [5.74, 6) is -0.984. The fourth-order valence-corrected chi connectivity index (χ4v) is 2.08. The van der Waals surface area contributed by atoms with E-state index in [1.807, 2.05) is 6.92 Å². The summed E-state index contributed by atoms with van der Waals surface area (Å²) in [6.45, 7) is 3.16. The van der Waals surface area contributed by atoms with E-state index < -0.39 is 17.8 Å². The van der Waals surface area contributed by atoms with Crippen LogP contribution < -0.4 is 5.32 Å². The molecule has 0 bridgehead atoms. The van der Waals surface area contributed by atoms with E-state index in [0.717, 1.165) is 0 Å². The number of aliphatic hydroxyl groups excluding tert-OH is 1. The van der Waals surface area contributed by atoms with Crippen LogP contribution in [0.1, 0.15) is 17.3 Å². The molecule has 1 aliphatic heterocycles. The molecule has 1 unspecified atom stereocenters. The van der Waals surface area contributed by atoms with E-state index in [4.69, 9.17) is 9.84 Å². The molecular formula is C13H18FN3O3. The minimum Gasteiger partial charge on any atom is -0.394 e. The number of carbonyl (C=O) groups is 1. The summed E-state index contributed by atoms with van der Waals surface area (Å²) >= 11 is 0. The number of nitrogens with one attached hydrogen (secondary N) is 1. The molecule has 2 rings (SSSR count). The average molecular weight is 283 g/mol. The number of carbonyl (C=O) groups excluding carboxylic acids is 1. The summed E-state index contributed by atoms with van der Waals surface area (Å²) in [6, 6.07) is 1.36. The summed E-state index contributed by atoms with van der Waals surface area (Å²) < 4.78 is 19.5. The molecule has 1 aromatic heterocycles. The lowest BCUT2D eigenvalue weighted by Crippen LogP contribution is -2.47. The number of morpholine rings is 1. The molecule has 2 heterocycles. The Morgan fingerprint density at radius 3 is 3.20 bits per heavy atom. The highest BCUT2D eigenvalue weighted by molar-refractivity contribution is 5.95. The first-order chi connectivity index (χ1) is 9.67. The Hall–Kier alpha value is -1.73. The summed E-state index contributed by atoms with van der Waals surface area (Å²) in [5, 5.41) is 11.8. The lowest BCUT2D eigenvalue weighted by atomic mass is 10.2. The number of amides is 1. The van der Waals surface area contributed by atoms with Crippen LogP contribution in [0, 0.1) is 5.82 Å². The van der Waals surface area contributed by atoms with E-state index in [1.165, 1.54) is 17.2 Å². The van der Waals surface area contributed by atoms with Crippen molar-refractivity contribution < 1.29 is 19.0 Å². The molecule has 1 saturated heterocycles. The number of hydrogen-bond donors (Lipinski definition) is 2. The molecule has 1 amide bonds. The van der Waals surface area contributed by atoms with Crippen molar-refractivity contribution in [2.75, 3.05) is 38.2 Å².